The highest BCUT2D eigenvalue weighted by Crippen LogP contribution is 2.47. The lowest BCUT2D eigenvalue weighted by atomic mass is 9.84. The SMILES string of the molecule is O=C(O)c1cc(F)cc(C2CCN(C3CC[C@@](C(=O)NCc4cc(F)cc(C(F)(F)F)c4)(C4CC4)OC3)CC2)c1. The van der Waals surface area contributed by atoms with E-state index >= 15 is 0 Å². The average Bonchev–Trinajstić information content (AvgIpc) is 3.77. The van der Waals surface area contributed by atoms with Gasteiger partial charge in [-0.15, -0.1) is 0 Å². The Morgan fingerprint density at radius 2 is 1.68 bits per heavy atom. The predicted molar refractivity (Wildman–Crippen MR) is 135 cm³/mol. The Morgan fingerprint density at radius 1 is 0.975 bits per heavy atom. The topological polar surface area (TPSA) is 78.9 Å². The van der Waals surface area contributed by atoms with E-state index < -0.39 is 34.9 Å². The number of hydrogen-bond donors (Lipinski definition) is 2. The molecule has 216 valence electrons. The van der Waals surface area contributed by atoms with Crippen molar-refractivity contribution in [2.45, 2.75) is 68.8 Å². The number of nitrogens with one attached hydrogen (secondary N) is 1. The molecule has 0 bridgehead atoms. The number of halogens is 5. The monoisotopic (exact) mass is 566 g/mol. The molecule has 1 amide bonds. The molecule has 2 atom stereocenters. The van der Waals surface area contributed by atoms with Gasteiger partial charge in [0.25, 0.3) is 5.91 Å². The molecule has 2 aliphatic heterocycles. The van der Waals surface area contributed by atoms with Gasteiger partial charge in [0.2, 0.25) is 0 Å². The lowest BCUT2D eigenvalue weighted by molar-refractivity contribution is -0.165. The summed E-state index contributed by atoms with van der Waals surface area (Å²) in [6.07, 6.45) is -0.388. The van der Waals surface area contributed by atoms with Gasteiger partial charge in [-0.25, -0.2) is 13.6 Å². The second kappa shape index (κ2) is 11.1. The number of carbonyl (C=O) groups excluding carboxylic acids is 1. The molecule has 11 heteroatoms. The minimum Gasteiger partial charge on any atom is -0.478 e. The van der Waals surface area contributed by atoms with Gasteiger partial charge in [-0.05, 0) is 111 Å². The van der Waals surface area contributed by atoms with Crippen molar-refractivity contribution in [1.82, 2.24) is 10.2 Å². The molecule has 0 radical (unpaired) electrons. The van der Waals surface area contributed by atoms with E-state index in [-0.39, 0.29) is 41.5 Å². The second-order valence-electron chi connectivity index (χ2n) is 11.1. The fourth-order valence-electron chi connectivity index (χ4n) is 6.12. The Bertz CT molecular complexity index is 1260. The third-order valence-electron chi connectivity index (χ3n) is 8.43. The van der Waals surface area contributed by atoms with Crippen LogP contribution in [0.2, 0.25) is 0 Å². The summed E-state index contributed by atoms with van der Waals surface area (Å²) in [7, 11) is 0. The molecule has 40 heavy (non-hydrogen) atoms. The number of likely N-dealkylation sites (tertiary alicyclic amines) is 1. The maximum absolute atomic E-state index is 14.0. The third-order valence-corrected chi connectivity index (χ3v) is 8.43. The van der Waals surface area contributed by atoms with Crippen molar-refractivity contribution in [3.05, 3.63) is 70.3 Å². The van der Waals surface area contributed by atoms with Crippen LogP contribution in [-0.4, -0.2) is 53.2 Å². The van der Waals surface area contributed by atoms with E-state index in [0.717, 1.165) is 57.0 Å². The van der Waals surface area contributed by atoms with Crippen LogP contribution in [-0.2, 0) is 22.3 Å². The molecule has 2 saturated heterocycles. The van der Waals surface area contributed by atoms with Gasteiger partial charge in [0.15, 0.2) is 0 Å². The molecule has 2 aromatic rings. The van der Waals surface area contributed by atoms with Crippen LogP contribution < -0.4 is 5.32 Å². The van der Waals surface area contributed by atoms with Gasteiger partial charge in [0.1, 0.15) is 17.2 Å². The molecular weight excluding hydrogens is 535 g/mol. The Morgan fingerprint density at radius 3 is 2.27 bits per heavy atom. The van der Waals surface area contributed by atoms with Crippen molar-refractivity contribution >= 4 is 11.9 Å². The first kappa shape index (κ1) is 28.5. The summed E-state index contributed by atoms with van der Waals surface area (Å²) in [6, 6.07) is 6.27. The highest BCUT2D eigenvalue weighted by atomic mass is 19.4. The highest BCUT2D eigenvalue weighted by molar-refractivity contribution is 5.88. The molecule has 0 spiro atoms. The van der Waals surface area contributed by atoms with Gasteiger partial charge < -0.3 is 15.2 Å². The number of nitrogens with zero attached hydrogens (tertiary/aromatic N) is 1. The smallest absolute Gasteiger partial charge is 0.416 e. The molecular formula is C29H31F5N2O4. The number of rotatable bonds is 7. The number of benzene rings is 2. The first-order chi connectivity index (χ1) is 18.9. The van der Waals surface area contributed by atoms with Crippen molar-refractivity contribution in [2.24, 2.45) is 5.92 Å². The molecule has 1 unspecified atom stereocenters. The molecule has 1 aliphatic carbocycles. The van der Waals surface area contributed by atoms with E-state index in [9.17, 15) is 36.6 Å². The van der Waals surface area contributed by atoms with Gasteiger partial charge in [-0.3, -0.25) is 9.69 Å². The quantitative estimate of drug-likeness (QED) is 0.433. The molecule has 0 aromatic heterocycles. The maximum Gasteiger partial charge on any atom is 0.416 e. The standard InChI is InChI=1S/C29H31F5N2O4/c30-23-10-17(9-22(14-23)29(32,33)34)15-35-27(39)28(21-1-2-21)6-3-25(16-40-28)36-7-4-18(5-8-36)19-11-20(26(37)38)13-24(31)12-19/h9-14,18,21,25H,1-8,15-16H2,(H,35,39)(H,37,38)/t25?,28-/m0/s1. The number of ether oxygens (including phenoxy) is 1. The number of carbonyl (C=O) groups is 2. The molecule has 2 aromatic carbocycles. The summed E-state index contributed by atoms with van der Waals surface area (Å²) in [5, 5.41) is 11.9. The summed E-state index contributed by atoms with van der Waals surface area (Å²) < 4.78 is 73.2. The molecule has 3 aliphatic rings. The Labute approximate surface area is 228 Å². The lowest BCUT2D eigenvalue weighted by Crippen LogP contribution is -2.57. The summed E-state index contributed by atoms with van der Waals surface area (Å²) in [5.74, 6) is -3.05. The maximum atomic E-state index is 14.0. The zero-order valence-corrected chi connectivity index (χ0v) is 21.8. The van der Waals surface area contributed by atoms with Crippen LogP contribution in [0.3, 0.4) is 0 Å². The predicted octanol–water partition coefficient (Wildman–Crippen LogP) is 5.51. The van der Waals surface area contributed by atoms with Crippen molar-refractivity contribution in [3.8, 4) is 0 Å². The van der Waals surface area contributed by atoms with Crippen molar-refractivity contribution in [3.63, 3.8) is 0 Å². The number of hydrogen-bond acceptors (Lipinski definition) is 4. The number of aromatic carboxylic acids is 1. The van der Waals surface area contributed by atoms with E-state index in [4.69, 9.17) is 4.74 Å². The number of carboxylic acid groups (broad SMARTS) is 1. The lowest BCUT2D eigenvalue weighted by Gasteiger charge is -2.45. The fourth-order valence-corrected chi connectivity index (χ4v) is 6.12. The molecule has 6 nitrogen and oxygen atoms in total. The fraction of sp³-hybridized carbons (Fsp3) is 0.517. The van der Waals surface area contributed by atoms with Crippen LogP contribution in [0.1, 0.15) is 71.5 Å². The number of amides is 1. The van der Waals surface area contributed by atoms with Crippen LogP contribution in [0.4, 0.5) is 22.0 Å². The molecule has 2 N–H and O–H groups in total. The molecule has 5 rings (SSSR count). The minimum atomic E-state index is -4.69. The van der Waals surface area contributed by atoms with E-state index in [1.54, 1.807) is 0 Å². The molecule has 1 saturated carbocycles. The van der Waals surface area contributed by atoms with Crippen LogP contribution in [0.5, 0.6) is 0 Å². The van der Waals surface area contributed by atoms with Crippen LogP contribution >= 0.6 is 0 Å². The highest BCUT2D eigenvalue weighted by Gasteiger charge is 2.54. The largest absolute Gasteiger partial charge is 0.478 e. The van der Waals surface area contributed by atoms with Gasteiger partial charge >= 0.3 is 12.1 Å². The first-order valence-corrected chi connectivity index (χ1v) is 13.5. The van der Waals surface area contributed by atoms with Crippen molar-refractivity contribution < 1.29 is 41.4 Å². The zero-order valence-electron chi connectivity index (χ0n) is 21.8. The van der Waals surface area contributed by atoms with E-state index in [1.807, 2.05) is 0 Å². The Kier molecular flexibility index (Phi) is 7.89. The first-order valence-electron chi connectivity index (χ1n) is 13.5. The molecule has 2 heterocycles. The number of carboxylic acids is 1. The minimum absolute atomic E-state index is 0.0250. The van der Waals surface area contributed by atoms with Crippen molar-refractivity contribution in [2.75, 3.05) is 19.7 Å². The summed E-state index contributed by atoms with van der Waals surface area (Å²) in [5.41, 5.74) is -1.51. The average molecular weight is 567 g/mol. The normalized spacial score (nSPS) is 24.6. The van der Waals surface area contributed by atoms with E-state index in [1.165, 1.54) is 12.1 Å². The molecule has 3 fully saturated rings. The summed E-state index contributed by atoms with van der Waals surface area (Å²) >= 11 is 0. The van der Waals surface area contributed by atoms with Gasteiger partial charge in [0, 0.05) is 12.6 Å². The van der Waals surface area contributed by atoms with Crippen LogP contribution in [0, 0.1) is 17.6 Å². The van der Waals surface area contributed by atoms with Crippen LogP contribution in [0.15, 0.2) is 36.4 Å². The van der Waals surface area contributed by atoms with Gasteiger partial charge in [0.05, 0.1) is 17.7 Å². The summed E-state index contributed by atoms with van der Waals surface area (Å²) in [4.78, 5) is 26.9. The van der Waals surface area contributed by atoms with Crippen molar-refractivity contribution in [1.29, 1.82) is 0 Å². The number of alkyl halides is 3. The van der Waals surface area contributed by atoms with E-state index in [2.05, 4.69) is 10.2 Å². The second-order valence-corrected chi connectivity index (χ2v) is 11.1. The van der Waals surface area contributed by atoms with Gasteiger partial charge in [-0.1, -0.05) is 0 Å². The Hall–Kier alpha value is -3.05. The number of piperidine rings is 1. The summed E-state index contributed by atoms with van der Waals surface area (Å²) in [6.45, 7) is 1.54. The third kappa shape index (κ3) is 6.15. The zero-order chi connectivity index (χ0) is 28.7. The Balaban J connectivity index is 1.17. The van der Waals surface area contributed by atoms with E-state index in [0.29, 0.717) is 31.1 Å². The van der Waals surface area contributed by atoms with Gasteiger partial charge in [-0.2, -0.15) is 13.2 Å². The van der Waals surface area contributed by atoms with Crippen LogP contribution in [0.25, 0.3) is 0 Å².